The number of benzene rings is 1. The molecule has 216 valence electrons. The Morgan fingerprint density at radius 2 is 1.91 bits per heavy atom. The number of fused-ring (bicyclic) bond motifs is 3. The van der Waals surface area contributed by atoms with Gasteiger partial charge in [-0.1, -0.05) is 6.07 Å². The Morgan fingerprint density at radius 3 is 2.70 bits per heavy atom. The number of nitrogens with zero attached hydrogens (tertiary/aromatic N) is 8. The van der Waals surface area contributed by atoms with Gasteiger partial charge in [0.25, 0.3) is 0 Å². The third-order valence-electron chi connectivity index (χ3n) is 8.58. The summed E-state index contributed by atoms with van der Waals surface area (Å²) in [6, 6.07) is 7.18. The Kier molecular flexibility index (Phi) is 5.93. The average molecular weight is 641 g/mol. The van der Waals surface area contributed by atoms with Crippen LogP contribution in [0.3, 0.4) is 0 Å². The molecule has 0 radical (unpaired) electrons. The summed E-state index contributed by atoms with van der Waals surface area (Å²) in [4.78, 5) is 54.1. The van der Waals surface area contributed by atoms with Crippen LogP contribution in [0.2, 0.25) is 0 Å². The monoisotopic (exact) mass is 639 g/mol. The maximum atomic E-state index is 13.7. The lowest BCUT2D eigenvalue weighted by atomic mass is 10.0. The minimum atomic E-state index is -0.608. The molecule has 0 bridgehead atoms. The topological polar surface area (TPSA) is 140 Å². The standard InChI is InChI=1S/C30H26BrN9O3/c1-15(41)29-20-6-17(19-10-33-27-9-21(16-2-3-16)36-39(27)13-19)4-5-22(20)38(37-29)14-28(42)40-23-7-18(23)8-24(40)30(43)35-26-12-32-11-25(31)34-26/h4-6,9-13,16,18,23-24H,2-3,7-8,14H2,1H3,(H,34,35,43)/t18?,23-,24+/m1/s1. The lowest BCUT2D eigenvalue weighted by Gasteiger charge is -2.26. The molecular formula is C30H26BrN9O3. The quantitative estimate of drug-likeness (QED) is 0.263. The van der Waals surface area contributed by atoms with Crippen LogP contribution in [0.5, 0.6) is 0 Å². The molecule has 4 aromatic heterocycles. The molecular weight excluding hydrogens is 614 g/mol. The number of halogens is 1. The summed E-state index contributed by atoms with van der Waals surface area (Å²) in [5, 5.41) is 12.7. The minimum absolute atomic E-state index is 0.0303. The number of ketones is 1. The maximum Gasteiger partial charge on any atom is 0.248 e. The van der Waals surface area contributed by atoms with Gasteiger partial charge in [0.1, 0.15) is 22.9 Å². The van der Waals surface area contributed by atoms with Crippen molar-refractivity contribution in [3.63, 3.8) is 0 Å². The SMILES string of the molecule is CC(=O)c1nn(CC(=O)N2[C@@H]3CC3C[C@H]2C(=O)Nc2cncc(Br)n2)c2ccc(-c3cnc4cc(C5CC5)nn4c3)cc12. The van der Waals surface area contributed by atoms with E-state index < -0.39 is 6.04 Å². The zero-order chi connectivity index (χ0) is 29.4. The minimum Gasteiger partial charge on any atom is -0.326 e. The molecule has 13 heteroatoms. The molecule has 12 nitrogen and oxygen atoms in total. The smallest absolute Gasteiger partial charge is 0.248 e. The van der Waals surface area contributed by atoms with Gasteiger partial charge in [-0.2, -0.15) is 10.2 Å². The van der Waals surface area contributed by atoms with E-state index in [1.165, 1.54) is 32.2 Å². The van der Waals surface area contributed by atoms with Gasteiger partial charge >= 0.3 is 0 Å². The largest absolute Gasteiger partial charge is 0.326 e. The average Bonchev–Trinajstić information content (AvgIpc) is 3.87. The molecule has 1 aromatic carbocycles. The number of piperidine rings is 1. The number of hydrogen-bond acceptors (Lipinski definition) is 8. The fourth-order valence-corrected chi connectivity index (χ4v) is 6.54. The van der Waals surface area contributed by atoms with Crippen molar-refractivity contribution in [1.29, 1.82) is 0 Å². The first-order valence-corrected chi connectivity index (χ1v) is 15.1. The summed E-state index contributed by atoms with van der Waals surface area (Å²) in [5.74, 6) is 0.452. The first-order chi connectivity index (χ1) is 20.8. The Bertz CT molecular complexity index is 1980. The van der Waals surface area contributed by atoms with Gasteiger partial charge in [0.15, 0.2) is 17.2 Å². The second kappa shape index (κ2) is 9.76. The molecule has 2 saturated carbocycles. The number of aromatic nitrogens is 7. The third kappa shape index (κ3) is 4.67. The highest BCUT2D eigenvalue weighted by Crippen LogP contribution is 2.48. The van der Waals surface area contributed by atoms with Crippen molar-refractivity contribution in [2.24, 2.45) is 5.92 Å². The van der Waals surface area contributed by atoms with Crippen molar-refractivity contribution >= 4 is 55.9 Å². The number of rotatable bonds is 7. The Morgan fingerprint density at radius 1 is 1.05 bits per heavy atom. The Labute approximate surface area is 253 Å². The zero-order valence-electron chi connectivity index (χ0n) is 23.1. The van der Waals surface area contributed by atoms with Gasteiger partial charge in [-0.25, -0.2) is 14.5 Å². The van der Waals surface area contributed by atoms with E-state index in [9.17, 15) is 14.4 Å². The van der Waals surface area contributed by atoms with Gasteiger partial charge < -0.3 is 10.2 Å². The van der Waals surface area contributed by atoms with Crippen LogP contribution < -0.4 is 5.32 Å². The van der Waals surface area contributed by atoms with Crippen molar-refractivity contribution in [3.8, 4) is 11.1 Å². The third-order valence-corrected chi connectivity index (χ3v) is 8.96. The summed E-state index contributed by atoms with van der Waals surface area (Å²) in [7, 11) is 0. The molecule has 3 aliphatic rings. The zero-order valence-corrected chi connectivity index (χ0v) is 24.7. The normalized spacial score (nSPS) is 20.9. The molecule has 2 aliphatic carbocycles. The number of carbonyl (C=O) groups excluding carboxylic acids is 3. The Balaban J connectivity index is 1.07. The van der Waals surface area contributed by atoms with E-state index in [0.29, 0.717) is 45.3 Å². The molecule has 1 aliphatic heterocycles. The van der Waals surface area contributed by atoms with Gasteiger partial charge in [-0.05, 0) is 65.2 Å². The fourth-order valence-electron chi connectivity index (χ4n) is 6.23. The van der Waals surface area contributed by atoms with E-state index in [1.807, 2.05) is 30.5 Å². The number of carbonyl (C=O) groups is 3. The second-order valence-corrected chi connectivity index (χ2v) is 12.4. The number of likely N-dealkylation sites (tertiary alicyclic amines) is 1. The van der Waals surface area contributed by atoms with E-state index in [-0.39, 0.29) is 30.2 Å². The van der Waals surface area contributed by atoms with Gasteiger partial charge in [-0.3, -0.25) is 24.0 Å². The van der Waals surface area contributed by atoms with Crippen LogP contribution in [0.15, 0.2) is 53.7 Å². The van der Waals surface area contributed by atoms with Crippen molar-refractivity contribution < 1.29 is 14.4 Å². The predicted octanol–water partition coefficient (Wildman–Crippen LogP) is 4.01. The van der Waals surface area contributed by atoms with Crippen molar-refractivity contribution in [1.82, 2.24) is 39.2 Å². The van der Waals surface area contributed by atoms with E-state index in [0.717, 1.165) is 28.9 Å². The van der Waals surface area contributed by atoms with Gasteiger partial charge in [-0.15, -0.1) is 0 Å². The molecule has 0 spiro atoms. The summed E-state index contributed by atoms with van der Waals surface area (Å²) in [6.07, 6.45) is 10.6. The summed E-state index contributed by atoms with van der Waals surface area (Å²) >= 11 is 3.26. The van der Waals surface area contributed by atoms with Crippen LogP contribution in [0.1, 0.15) is 54.7 Å². The molecule has 8 rings (SSSR count). The number of hydrogen-bond donors (Lipinski definition) is 1. The summed E-state index contributed by atoms with van der Waals surface area (Å²) in [6.45, 7) is 1.38. The maximum absolute atomic E-state index is 13.7. The molecule has 1 N–H and O–H groups in total. The first kappa shape index (κ1) is 26.1. The highest BCUT2D eigenvalue weighted by Gasteiger charge is 2.56. The fraction of sp³-hybridized carbons (Fsp3) is 0.333. The van der Waals surface area contributed by atoms with Crippen LogP contribution in [0.4, 0.5) is 5.82 Å². The van der Waals surface area contributed by atoms with E-state index in [2.05, 4.69) is 41.3 Å². The van der Waals surface area contributed by atoms with Gasteiger partial charge in [0, 0.05) is 48.3 Å². The lowest BCUT2D eigenvalue weighted by Crippen LogP contribution is -2.46. The highest BCUT2D eigenvalue weighted by atomic mass is 79.9. The molecule has 1 unspecified atom stereocenters. The molecule has 2 amide bonds. The van der Waals surface area contributed by atoms with E-state index >= 15 is 0 Å². The summed E-state index contributed by atoms with van der Waals surface area (Å²) in [5.41, 5.74) is 4.57. The first-order valence-electron chi connectivity index (χ1n) is 14.3. The molecule has 5 aromatic rings. The van der Waals surface area contributed by atoms with Crippen LogP contribution in [-0.2, 0) is 16.1 Å². The number of amides is 2. The Hall–Kier alpha value is -4.52. The van der Waals surface area contributed by atoms with Gasteiger partial charge in [0.2, 0.25) is 11.8 Å². The molecule has 5 heterocycles. The van der Waals surface area contributed by atoms with Crippen LogP contribution in [-0.4, -0.2) is 68.9 Å². The van der Waals surface area contributed by atoms with Crippen LogP contribution >= 0.6 is 15.9 Å². The lowest BCUT2D eigenvalue weighted by molar-refractivity contribution is -0.138. The molecule has 3 atom stereocenters. The van der Waals surface area contributed by atoms with Gasteiger partial charge in [0.05, 0.1) is 23.6 Å². The number of Topliss-reactive ketones (excluding diaryl/α,β-unsaturated/α-hetero) is 1. The van der Waals surface area contributed by atoms with E-state index in [1.54, 1.807) is 20.3 Å². The predicted molar refractivity (Wildman–Crippen MR) is 159 cm³/mol. The highest BCUT2D eigenvalue weighted by molar-refractivity contribution is 9.10. The van der Waals surface area contributed by atoms with Crippen molar-refractivity contribution in [2.75, 3.05) is 5.32 Å². The van der Waals surface area contributed by atoms with Crippen LogP contribution in [0.25, 0.3) is 27.7 Å². The van der Waals surface area contributed by atoms with Crippen molar-refractivity contribution in [2.45, 2.75) is 57.2 Å². The number of anilines is 1. The van der Waals surface area contributed by atoms with Crippen LogP contribution in [0, 0.1) is 5.92 Å². The second-order valence-electron chi connectivity index (χ2n) is 11.6. The summed E-state index contributed by atoms with van der Waals surface area (Å²) < 4.78 is 3.88. The van der Waals surface area contributed by atoms with E-state index in [4.69, 9.17) is 5.10 Å². The molecule has 1 saturated heterocycles. The molecule has 43 heavy (non-hydrogen) atoms. The molecule has 3 fully saturated rings. The van der Waals surface area contributed by atoms with Crippen molar-refractivity contribution in [3.05, 3.63) is 65.0 Å². The number of nitrogens with one attached hydrogen (secondary N) is 1.